The van der Waals surface area contributed by atoms with Crippen LogP contribution in [0.1, 0.15) is 15.9 Å². The lowest BCUT2D eigenvalue weighted by Crippen LogP contribution is -2.42. The molecule has 5 heteroatoms. The number of carbonyl (C=O) groups excluding carboxylic acids is 1. The van der Waals surface area contributed by atoms with Gasteiger partial charge in [0.25, 0.3) is 5.91 Å². The molecule has 0 aliphatic carbocycles. The van der Waals surface area contributed by atoms with Crippen LogP contribution in [0, 0.1) is 0 Å². The highest BCUT2D eigenvalue weighted by Crippen LogP contribution is 2.23. The Balaban J connectivity index is 1.69. The van der Waals surface area contributed by atoms with Crippen LogP contribution >= 0.6 is 0 Å². The van der Waals surface area contributed by atoms with Gasteiger partial charge in [0.15, 0.2) is 0 Å². The summed E-state index contributed by atoms with van der Waals surface area (Å²) in [4.78, 5) is 25.5. The van der Waals surface area contributed by atoms with Crippen LogP contribution in [0.2, 0.25) is 0 Å². The van der Waals surface area contributed by atoms with E-state index in [1.165, 1.54) is 18.3 Å². The molecule has 1 amide bonds. The maximum atomic E-state index is 12.0. The molecule has 20 heavy (non-hydrogen) atoms. The van der Waals surface area contributed by atoms with Gasteiger partial charge in [-0.1, -0.05) is 18.2 Å². The van der Waals surface area contributed by atoms with Gasteiger partial charge in [0.05, 0.1) is 11.6 Å². The Morgan fingerprint density at radius 1 is 1.25 bits per heavy atom. The second-order valence-corrected chi connectivity index (χ2v) is 4.73. The summed E-state index contributed by atoms with van der Waals surface area (Å²) in [5.41, 5.74) is 1.30. The van der Waals surface area contributed by atoms with Crippen molar-refractivity contribution in [3.8, 4) is 5.75 Å². The van der Waals surface area contributed by atoms with E-state index in [2.05, 4.69) is 10.3 Å². The van der Waals surface area contributed by atoms with Crippen LogP contribution in [0.15, 0.2) is 47.4 Å². The number of hydrogen-bond acceptors (Lipinski definition) is 3. The summed E-state index contributed by atoms with van der Waals surface area (Å²) in [5.74, 6) is 0.663. The van der Waals surface area contributed by atoms with Gasteiger partial charge in [-0.25, -0.2) is 0 Å². The van der Waals surface area contributed by atoms with Crippen molar-refractivity contribution < 1.29 is 9.53 Å². The summed E-state index contributed by atoms with van der Waals surface area (Å²) >= 11 is 0. The number of fused-ring (bicyclic) bond motifs is 1. The number of aromatic amines is 1. The van der Waals surface area contributed by atoms with Gasteiger partial charge >= 0.3 is 0 Å². The third-order valence-electron chi connectivity index (χ3n) is 3.26. The first-order chi connectivity index (χ1) is 9.72. The van der Waals surface area contributed by atoms with E-state index < -0.39 is 0 Å². The average molecular weight is 270 g/mol. The number of ether oxygens (including phenoxy) is 1. The number of amides is 1. The van der Waals surface area contributed by atoms with Gasteiger partial charge in [0.1, 0.15) is 12.4 Å². The first-order valence-electron chi connectivity index (χ1n) is 6.43. The van der Waals surface area contributed by atoms with E-state index in [-0.39, 0.29) is 17.5 Å². The average Bonchev–Trinajstić information content (AvgIpc) is 2.48. The van der Waals surface area contributed by atoms with Crippen molar-refractivity contribution in [3.63, 3.8) is 0 Å². The van der Waals surface area contributed by atoms with Crippen LogP contribution in [0.3, 0.4) is 0 Å². The molecule has 2 aromatic rings. The molecule has 102 valence electrons. The minimum absolute atomic E-state index is 0.0654. The number of H-pyrrole nitrogens is 1. The fourth-order valence-corrected chi connectivity index (χ4v) is 2.24. The van der Waals surface area contributed by atoms with Gasteiger partial charge in [0.2, 0.25) is 5.56 Å². The lowest BCUT2D eigenvalue weighted by molar-refractivity contribution is 0.0915. The monoisotopic (exact) mass is 270 g/mol. The molecular formula is C15H14N2O3. The number of rotatable bonds is 2. The molecule has 1 aliphatic rings. The molecular weight excluding hydrogens is 256 g/mol. The second-order valence-electron chi connectivity index (χ2n) is 4.73. The van der Waals surface area contributed by atoms with Crippen LogP contribution in [0.4, 0.5) is 0 Å². The first-order valence-corrected chi connectivity index (χ1v) is 6.43. The molecule has 0 spiro atoms. The van der Waals surface area contributed by atoms with Crippen LogP contribution in [-0.2, 0) is 6.42 Å². The minimum Gasteiger partial charge on any atom is -0.491 e. The summed E-state index contributed by atoms with van der Waals surface area (Å²) in [6, 6.07) is 10.6. The molecule has 0 saturated heterocycles. The van der Waals surface area contributed by atoms with Gasteiger partial charge in [-0.05, 0) is 24.1 Å². The highest BCUT2D eigenvalue weighted by atomic mass is 16.5. The van der Waals surface area contributed by atoms with Crippen LogP contribution in [0.5, 0.6) is 5.75 Å². The van der Waals surface area contributed by atoms with Crippen molar-refractivity contribution in [2.24, 2.45) is 0 Å². The number of benzene rings is 1. The van der Waals surface area contributed by atoms with Crippen LogP contribution in [-0.4, -0.2) is 23.5 Å². The first kappa shape index (κ1) is 12.5. The molecule has 1 aromatic heterocycles. The van der Waals surface area contributed by atoms with Crippen molar-refractivity contribution in [3.05, 3.63) is 64.1 Å². The summed E-state index contributed by atoms with van der Waals surface area (Å²) < 4.78 is 5.62. The van der Waals surface area contributed by atoms with E-state index in [1.807, 2.05) is 24.3 Å². The maximum Gasteiger partial charge on any atom is 0.253 e. The number of nitrogens with one attached hydrogen (secondary N) is 2. The van der Waals surface area contributed by atoms with Crippen LogP contribution in [0.25, 0.3) is 0 Å². The summed E-state index contributed by atoms with van der Waals surface area (Å²) in [6.07, 6.45) is 2.15. The second kappa shape index (κ2) is 5.21. The van der Waals surface area contributed by atoms with E-state index in [1.54, 1.807) is 0 Å². The molecule has 0 unspecified atom stereocenters. The number of hydrogen-bond donors (Lipinski definition) is 2. The molecule has 0 saturated carbocycles. The summed E-state index contributed by atoms with van der Waals surface area (Å²) in [6.45, 7) is 0.451. The van der Waals surface area contributed by atoms with Crippen LogP contribution < -0.4 is 15.6 Å². The fourth-order valence-electron chi connectivity index (χ4n) is 2.24. The van der Waals surface area contributed by atoms with Crippen molar-refractivity contribution >= 4 is 5.91 Å². The van der Waals surface area contributed by atoms with E-state index >= 15 is 0 Å². The minimum atomic E-state index is -0.225. The topological polar surface area (TPSA) is 71.2 Å². The Bertz CT molecular complexity index is 673. The Kier molecular flexibility index (Phi) is 3.25. The van der Waals surface area contributed by atoms with E-state index in [0.29, 0.717) is 12.2 Å². The SMILES string of the molecule is O=C(N[C@@H]1COc2ccccc2C1)c1ccc(=O)[nH]c1. The highest BCUT2D eigenvalue weighted by Gasteiger charge is 2.21. The van der Waals surface area contributed by atoms with Crippen molar-refractivity contribution in [1.29, 1.82) is 0 Å². The third kappa shape index (κ3) is 2.56. The predicted molar refractivity (Wildman–Crippen MR) is 74.0 cm³/mol. The largest absolute Gasteiger partial charge is 0.491 e. The zero-order valence-electron chi connectivity index (χ0n) is 10.8. The Labute approximate surface area is 115 Å². The molecule has 1 aliphatic heterocycles. The normalized spacial score (nSPS) is 16.9. The molecule has 2 heterocycles. The zero-order valence-corrected chi connectivity index (χ0v) is 10.8. The maximum absolute atomic E-state index is 12.0. The third-order valence-corrected chi connectivity index (χ3v) is 3.26. The number of carbonyl (C=O) groups is 1. The molecule has 3 rings (SSSR count). The smallest absolute Gasteiger partial charge is 0.253 e. The van der Waals surface area contributed by atoms with Gasteiger partial charge in [-0.15, -0.1) is 0 Å². The Morgan fingerprint density at radius 2 is 2.10 bits per heavy atom. The summed E-state index contributed by atoms with van der Waals surface area (Å²) in [5, 5.41) is 2.91. The van der Waals surface area contributed by atoms with Gasteiger partial charge in [-0.2, -0.15) is 0 Å². The zero-order chi connectivity index (χ0) is 13.9. The molecule has 1 aromatic carbocycles. The van der Waals surface area contributed by atoms with E-state index in [4.69, 9.17) is 4.74 Å². The number of para-hydroxylation sites is 1. The predicted octanol–water partition coefficient (Wildman–Crippen LogP) is 1.11. The van der Waals surface area contributed by atoms with Crippen molar-refractivity contribution in [2.45, 2.75) is 12.5 Å². The molecule has 0 fully saturated rings. The molecule has 5 nitrogen and oxygen atoms in total. The molecule has 1 atom stereocenters. The van der Waals surface area contributed by atoms with E-state index in [0.717, 1.165) is 17.7 Å². The highest BCUT2D eigenvalue weighted by molar-refractivity contribution is 5.94. The number of aromatic nitrogens is 1. The van der Waals surface area contributed by atoms with Gasteiger partial charge in [0, 0.05) is 12.3 Å². The standard InChI is InChI=1S/C15H14N2O3/c18-14-6-5-11(8-16-14)15(19)17-12-7-10-3-1-2-4-13(10)20-9-12/h1-6,8,12H,7,9H2,(H,16,18)(H,17,19)/t12-/m0/s1. The van der Waals surface area contributed by atoms with E-state index in [9.17, 15) is 9.59 Å². The van der Waals surface area contributed by atoms with Crippen molar-refractivity contribution in [2.75, 3.05) is 6.61 Å². The number of pyridine rings is 1. The molecule has 0 radical (unpaired) electrons. The van der Waals surface area contributed by atoms with Gasteiger partial charge < -0.3 is 15.0 Å². The van der Waals surface area contributed by atoms with Crippen molar-refractivity contribution in [1.82, 2.24) is 10.3 Å². The van der Waals surface area contributed by atoms with Gasteiger partial charge in [-0.3, -0.25) is 9.59 Å². The fraction of sp³-hybridized carbons (Fsp3) is 0.200. The Hall–Kier alpha value is -2.56. The Morgan fingerprint density at radius 3 is 2.90 bits per heavy atom. The molecule has 0 bridgehead atoms. The lowest BCUT2D eigenvalue weighted by Gasteiger charge is -2.26. The quantitative estimate of drug-likeness (QED) is 0.858. The lowest BCUT2D eigenvalue weighted by atomic mass is 10.0. The molecule has 2 N–H and O–H groups in total. The summed E-state index contributed by atoms with van der Waals surface area (Å²) in [7, 11) is 0.